The topological polar surface area (TPSA) is 127 Å². The van der Waals surface area contributed by atoms with Crippen molar-refractivity contribution < 1.29 is 27.2 Å². The summed E-state index contributed by atoms with van der Waals surface area (Å²) in [6.45, 7) is 3.65. The number of nitrogens with one attached hydrogen (secondary N) is 1. The fraction of sp³-hybridized carbons (Fsp3) is 0.280. The maximum atomic E-state index is 12.7. The van der Waals surface area contributed by atoms with Crippen LogP contribution in [0.3, 0.4) is 0 Å². The molecule has 3 heterocycles. The molecule has 0 radical (unpaired) electrons. The molecule has 2 atom stereocenters. The SMILES string of the molecule is Cc1cc2oc(=O)c(CC(=O)N[C@@H]3CS(=O)(=O)C[C@H]3O)c(C)c2c2occ(-c3ccccc3)c12. The first-order chi connectivity index (χ1) is 16.1. The van der Waals surface area contributed by atoms with Crippen LogP contribution in [-0.2, 0) is 21.1 Å². The third-order valence-electron chi connectivity index (χ3n) is 6.37. The van der Waals surface area contributed by atoms with Crippen molar-refractivity contribution in [3.63, 3.8) is 0 Å². The number of sulfone groups is 1. The summed E-state index contributed by atoms with van der Waals surface area (Å²) in [4.78, 5) is 25.4. The lowest BCUT2D eigenvalue weighted by Gasteiger charge is -2.15. The highest BCUT2D eigenvalue weighted by Crippen LogP contribution is 2.38. The summed E-state index contributed by atoms with van der Waals surface area (Å²) in [5.41, 5.74) is 3.78. The maximum absolute atomic E-state index is 12.7. The van der Waals surface area contributed by atoms with Crippen molar-refractivity contribution in [2.45, 2.75) is 32.4 Å². The van der Waals surface area contributed by atoms with Gasteiger partial charge in [-0.3, -0.25) is 4.79 Å². The van der Waals surface area contributed by atoms with Gasteiger partial charge in [0.05, 0.1) is 47.3 Å². The molecule has 2 N–H and O–H groups in total. The van der Waals surface area contributed by atoms with E-state index in [-0.39, 0.29) is 17.7 Å². The normalized spacial score (nSPS) is 19.6. The Morgan fingerprint density at radius 2 is 1.88 bits per heavy atom. The number of aryl methyl sites for hydroxylation is 2. The van der Waals surface area contributed by atoms with Gasteiger partial charge >= 0.3 is 5.63 Å². The van der Waals surface area contributed by atoms with Gasteiger partial charge in [-0.25, -0.2) is 13.2 Å². The Morgan fingerprint density at radius 1 is 1.15 bits per heavy atom. The molecule has 4 aromatic rings. The fourth-order valence-corrected chi connectivity index (χ4v) is 6.45. The Hall–Kier alpha value is -3.43. The highest BCUT2D eigenvalue weighted by molar-refractivity contribution is 7.91. The molecule has 2 aromatic heterocycles. The van der Waals surface area contributed by atoms with Crippen LogP contribution in [0.5, 0.6) is 0 Å². The summed E-state index contributed by atoms with van der Waals surface area (Å²) in [7, 11) is -3.41. The summed E-state index contributed by atoms with van der Waals surface area (Å²) in [5.74, 6) is -1.29. The molecule has 1 amide bonds. The van der Waals surface area contributed by atoms with Crippen molar-refractivity contribution in [2.75, 3.05) is 11.5 Å². The van der Waals surface area contributed by atoms with E-state index in [0.717, 1.165) is 22.1 Å². The molecule has 1 fully saturated rings. The summed E-state index contributed by atoms with van der Waals surface area (Å²) < 4.78 is 35.0. The zero-order valence-corrected chi connectivity index (χ0v) is 19.4. The minimum atomic E-state index is -3.41. The van der Waals surface area contributed by atoms with E-state index in [0.29, 0.717) is 22.1 Å². The Morgan fingerprint density at radius 3 is 2.56 bits per heavy atom. The van der Waals surface area contributed by atoms with E-state index in [1.807, 2.05) is 37.3 Å². The number of rotatable bonds is 4. The predicted molar refractivity (Wildman–Crippen MR) is 127 cm³/mol. The van der Waals surface area contributed by atoms with Gasteiger partial charge in [0.2, 0.25) is 5.91 Å². The second-order valence-electron chi connectivity index (χ2n) is 8.77. The van der Waals surface area contributed by atoms with Crippen LogP contribution in [-0.4, -0.2) is 43.1 Å². The molecule has 34 heavy (non-hydrogen) atoms. The Balaban J connectivity index is 1.57. The largest absolute Gasteiger partial charge is 0.463 e. The molecular weight excluding hydrogens is 458 g/mol. The molecule has 2 aromatic carbocycles. The molecule has 5 rings (SSSR count). The second kappa shape index (κ2) is 8.11. The van der Waals surface area contributed by atoms with Crippen LogP contribution in [0.15, 0.2) is 56.3 Å². The van der Waals surface area contributed by atoms with E-state index in [2.05, 4.69) is 5.32 Å². The van der Waals surface area contributed by atoms with Crippen molar-refractivity contribution >= 4 is 37.7 Å². The average molecular weight is 482 g/mol. The van der Waals surface area contributed by atoms with Crippen LogP contribution in [0.4, 0.5) is 0 Å². The molecular formula is C25H23NO7S. The van der Waals surface area contributed by atoms with Crippen molar-refractivity contribution in [3.8, 4) is 11.1 Å². The number of benzene rings is 2. The van der Waals surface area contributed by atoms with Crippen LogP contribution < -0.4 is 10.9 Å². The monoisotopic (exact) mass is 481 g/mol. The molecule has 0 bridgehead atoms. The molecule has 1 saturated heterocycles. The Bertz CT molecular complexity index is 1600. The number of fused-ring (bicyclic) bond motifs is 3. The van der Waals surface area contributed by atoms with Crippen molar-refractivity contribution in [3.05, 3.63) is 69.8 Å². The van der Waals surface area contributed by atoms with Crippen molar-refractivity contribution in [2.24, 2.45) is 0 Å². The lowest BCUT2D eigenvalue weighted by atomic mass is 9.96. The summed E-state index contributed by atoms with van der Waals surface area (Å²) in [6.07, 6.45) is 0.186. The van der Waals surface area contributed by atoms with Gasteiger partial charge in [0.15, 0.2) is 9.84 Å². The number of hydrogen-bond donors (Lipinski definition) is 2. The highest BCUT2D eigenvalue weighted by atomic mass is 32.2. The third kappa shape index (κ3) is 3.80. The highest BCUT2D eigenvalue weighted by Gasteiger charge is 2.37. The molecule has 0 spiro atoms. The van der Waals surface area contributed by atoms with E-state index in [1.165, 1.54) is 0 Å². The maximum Gasteiger partial charge on any atom is 0.340 e. The first-order valence-corrected chi connectivity index (χ1v) is 12.7. The number of aliphatic hydroxyl groups is 1. The van der Waals surface area contributed by atoms with Gasteiger partial charge in [-0.1, -0.05) is 30.3 Å². The van der Waals surface area contributed by atoms with Crippen LogP contribution in [0.2, 0.25) is 0 Å². The minimum absolute atomic E-state index is 0.156. The van der Waals surface area contributed by atoms with E-state index >= 15 is 0 Å². The van der Waals surface area contributed by atoms with Crippen molar-refractivity contribution in [1.29, 1.82) is 0 Å². The third-order valence-corrected chi connectivity index (χ3v) is 8.09. The number of hydrogen-bond acceptors (Lipinski definition) is 7. The number of furan rings is 1. The van der Waals surface area contributed by atoms with Gasteiger partial charge in [0.25, 0.3) is 0 Å². The molecule has 9 heteroatoms. The summed E-state index contributed by atoms with van der Waals surface area (Å²) >= 11 is 0. The minimum Gasteiger partial charge on any atom is -0.463 e. The zero-order chi connectivity index (χ0) is 24.2. The van der Waals surface area contributed by atoms with Crippen molar-refractivity contribution in [1.82, 2.24) is 5.32 Å². The number of carbonyl (C=O) groups is 1. The molecule has 0 unspecified atom stereocenters. The molecule has 1 aliphatic rings. The van der Waals surface area contributed by atoms with Crippen LogP contribution >= 0.6 is 0 Å². The first kappa shape index (κ1) is 22.4. The lowest BCUT2D eigenvalue weighted by Crippen LogP contribution is -2.43. The molecule has 1 aliphatic heterocycles. The summed E-state index contributed by atoms with van der Waals surface area (Å²) in [5, 5.41) is 14.0. The van der Waals surface area contributed by atoms with E-state index in [4.69, 9.17) is 8.83 Å². The smallest absolute Gasteiger partial charge is 0.340 e. The standard InChI is InChI=1S/C25H23NO7S/c1-13-8-20-23(24-22(13)17(10-32-24)15-6-4-3-5-7-15)14(2)16(25(29)33-20)9-21(28)26-18-11-34(30,31)12-19(18)27/h3-8,10,18-19,27H,9,11-12H2,1-2H3,(H,26,28)/t18-,19-/m1/s1. The molecule has 0 aliphatic carbocycles. The predicted octanol–water partition coefficient (Wildman–Crippen LogP) is 2.64. The number of amides is 1. The van der Waals surface area contributed by atoms with E-state index in [9.17, 15) is 23.1 Å². The number of aliphatic hydroxyl groups excluding tert-OH is 1. The quantitative estimate of drug-likeness (QED) is 0.429. The van der Waals surface area contributed by atoms with Gasteiger partial charge in [-0.2, -0.15) is 0 Å². The molecule has 176 valence electrons. The van der Waals surface area contributed by atoms with Crippen LogP contribution in [0.25, 0.3) is 33.1 Å². The Kier molecular flexibility index (Phi) is 5.33. The number of carbonyl (C=O) groups excluding carboxylic acids is 1. The fourth-order valence-electron chi connectivity index (χ4n) is 4.71. The molecule has 8 nitrogen and oxygen atoms in total. The summed E-state index contributed by atoms with van der Waals surface area (Å²) in [6, 6.07) is 10.7. The van der Waals surface area contributed by atoms with E-state index < -0.39 is 39.3 Å². The zero-order valence-electron chi connectivity index (χ0n) is 18.6. The van der Waals surface area contributed by atoms with Gasteiger partial charge in [-0.05, 0) is 36.6 Å². The van der Waals surface area contributed by atoms with Crippen LogP contribution in [0, 0.1) is 13.8 Å². The van der Waals surface area contributed by atoms with E-state index in [1.54, 1.807) is 19.3 Å². The van der Waals surface area contributed by atoms with Gasteiger partial charge < -0.3 is 19.3 Å². The average Bonchev–Trinajstić information content (AvgIpc) is 3.32. The van der Waals surface area contributed by atoms with Crippen LogP contribution in [0.1, 0.15) is 16.7 Å². The second-order valence-corrected chi connectivity index (χ2v) is 10.9. The van der Waals surface area contributed by atoms with Gasteiger partial charge in [0, 0.05) is 10.9 Å². The van der Waals surface area contributed by atoms with Gasteiger partial charge in [-0.15, -0.1) is 0 Å². The first-order valence-electron chi connectivity index (χ1n) is 10.8. The molecule has 0 saturated carbocycles. The lowest BCUT2D eigenvalue weighted by molar-refractivity contribution is -0.121. The van der Waals surface area contributed by atoms with Gasteiger partial charge in [0.1, 0.15) is 11.2 Å². The Labute approximate surface area is 195 Å².